The van der Waals surface area contributed by atoms with Crippen LogP contribution in [-0.4, -0.2) is 16.1 Å². The van der Waals surface area contributed by atoms with E-state index in [9.17, 15) is 9.90 Å². The zero-order chi connectivity index (χ0) is 19.0. The van der Waals surface area contributed by atoms with Crippen LogP contribution < -0.4 is 5.32 Å². The third-order valence-corrected chi connectivity index (χ3v) is 5.14. The lowest BCUT2D eigenvalue weighted by molar-refractivity contribution is 0.0696. The number of benzene rings is 2. The van der Waals surface area contributed by atoms with Crippen molar-refractivity contribution >= 4 is 28.9 Å². The number of carboxylic acid groups (broad SMARTS) is 1. The molecule has 0 aliphatic heterocycles. The van der Waals surface area contributed by atoms with Crippen molar-refractivity contribution in [3.63, 3.8) is 0 Å². The highest BCUT2D eigenvalue weighted by atomic mass is 35.5. The Kier molecular flexibility index (Phi) is 4.58. The summed E-state index contributed by atoms with van der Waals surface area (Å²) in [5, 5.41) is 13.4. The van der Waals surface area contributed by atoms with E-state index in [4.69, 9.17) is 16.6 Å². The maximum Gasteiger partial charge on any atom is 0.335 e. The minimum atomic E-state index is -0.910. The standard InChI is InChI=1S/C22H19ClN2O2/c1-13-10-16(8-9-17(13)22(26)27)24-21-12-20(14-4-2-5-15(23)11-14)25-19-7-3-6-18(19)21/h2,4-5,8-12H,3,6-7H2,1H3,(H,24,25)(H,26,27). The van der Waals surface area contributed by atoms with Gasteiger partial charge >= 0.3 is 5.97 Å². The van der Waals surface area contributed by atoms with Gasteiger partial charge in [-0.2, -0.15) is 0 Å². The summed E-state index contributed by atoms with van der Waals surface area (Å²) < 4.78 is 0. The molecule has 4 rings (SSSR count). The number of aryl methyl sites for hydroxylation is 2. The molecule has 0 amide bonds. The number of hydrogen-bond acceptors (Lipinski definition) is 3. The lowest BCUT2D eigenvalue weighted by atomic mass is 10.1. The highest BCUT2D eigenvalue weighted by Crippen LogP contribution is 2.34. The first-order chi connectivity index (χ1) is 13.0. The molecule has 2 N–H and O–H groups in total. The number of pyridine rings is 1. The number of nitrogens with one attached hydrogen (secondary N) is 1. The molecule has 0 atom stereocenters. The maximum absolute atomic E-state index is 11.2. The molecule has 3 aromatic rings. The molecule has 1 aliphatic rings. The molecular weight excluding hydrogens is 360 g/mol. The number of hydrogen-bond donors (Lipinski definition) is 2. The Morgan fingerprint density at radius 1 is 1.15 bits per heavy atom. The molecule has 136 valence electrons. The Balaban J connectivity index is 1.74. The summed E-state index contributed by atoms with van der Waals surface area (Å²) in [6, 6.07) is 15.1. The molecule has 0 fully saturated rings. The van der Waals surface area contributed by atoms with E-state index in [0.29, 0.717) is 10.6 Å². The maximum atomic E-state index is 11.2. The van der Waals surface area contributed by atoms with E-state index in [0.717, 1.165) is 53.2 Å². The second kappa shape index (κ2) is 7.05. The number of anilines is 2. The largest absolute Gasteiger partial charge is 0.478 e. The first-order valence-electron chi connectivity index (χ1n) is 8.91. The molecule has 1 heterocycles. The van der Waals surface area contributed by atoms with E-state index >= 15 is 0 Å². The van der Waals surface area contributed by atoms with Gasteiger partial charge in [0.1, 0.15) is 0 Å². The van der Waals surface area contributed by atoms with Crippen LogP contribution >= 0.6 is 11.6 Å². The summed E-state index contributed by atoms with van der Waals surface area (Å²) >= 11 is 6.15. The third kappa shape index (κ3) is 3.53. The fourth-order valence-corrected chi connectivity index (χ4v) is 3.78. The van der Waals surface area contributed by atoms with Gasteiger partial charge in [0.2, 0.25) is 0 Å². The number of aromatic carboxylic acids is 1. The zero-order valence-electron chi connectivity index (χ0n) is 14.9. The lowest BCUT2D eigenvalue weighted by Crippen LogP contribution is -2.02. The van der Waals surface area contributed by atoms with E-state index in [2.05, 4.69) is 11.4 Å². The van der Waals surface area contributed by atoms with Gasteiger partial charge < -0.3 is 10.4 Å². The van der Waals surface area contributed by atoms with Crippen molar-refractivity contribution in [1.82, 2.24) is 4.98 Å². The van der Waals surface area contributed by atoms with Crippen molar-refractivity contribution in [2.45, 2.75) is 26.2 Å². The van der Waals surface area contributed by atoms with Crippen LogP contribution in [0.4, 0.5) is 11.4 Å². The van der Waals surface area contributed by atoms with Crippen LogP contribution in [0.25, 0.3) is 11.3 Å². The second-order valence-corrected chi connectivity index (χ2v) is 7.24. The average molecular weight is 379 g/mol. The Morgan fingerprint density at radius 2 is 2.00 bits per heavy atom. The molecule has 27 heavy (non-hydrogen) atoms. The molecule has 0 saturated heterocycles. The van der Waals surface area contributed by atoms with Gasteiger partial charge in [0.05, 0.1) is 11.3 Å². The minimum Gasteiger partial charge on any atom is -0.478 e. The number of halogens is 1. The highest BCUT2D eigenvalue weighted by Gasteiger charge is 2.19. The number of aromatic nitrogens is 1. The van der Waals surface area contributed by atoms with E-state index in [-0.39, 0.29) is 0 Å². The molecule has 0 spiro atoms. The topological polar surface area (TPSA) is 62.2 Å². The Morgan fingerprint density at radius 3 is 2.74 bits per heavy atom. The van der Waals surface area contributed by atoms with Gasteiger partial charge in [-0.1, -0.05) is 23.7 Å². The number of carboxylic acids is 1. The predicted molar refractivity (Wildman–Crippen MR) is 108 cm³/mol. The van der Waals surface area contributed by atoms with Crippen molar-refractivity contribution in [3.05, 3.63) is 75.9 Å². The van der Waals surface area contributed by atoms with Crippen LogP contribution in [0.2, 0.25) is 5.02 Å². The zero-order valence-corrected chi connectivity index (χ0v) is 15.7. The summed E-state index contributed by atoms with van der Waals surface area (Å²) in [5.74, 6) is -0.910. The number of fused-ring (bicyclic) bond motifs is 1. The van der Waals surface area contributed by atoms with Gasteiger partial charge in [-0.15, -0.1) is 0 Å². The van der Waals surface area contributed by atoms with Gasteiger partial charge in [0, 0.05) is 27.7 Å². The van der Waals surface area contributed by atoms with Gasteiger partial charge in [-0.25, -0.2) is 4.79 Å². The normalized spacial score (nSPS) is 12.7. The predicted octanol–water partition coefficient (Wildman–Crippen LogP) is 5.64. The fraction of sp³-hybridized carbons (Fsp3) is 0.182. The third-order valence-electron chi connectivity index (χ3n) is 4.91. The molecule has 0 unspecified atom stereocenters. The monoisotopic (exact) mass is 378 g/mol. The van der Waals surface area contributed by atoms with Crippen molar-refractivity contribution < 1.29 is 9.90 Å². The summed E-state index contributed by atoms with van der Waals surface area (Å²) in [4.78, 5) is 16.1. The lowest BCUT2D eigenvalue weighted by Gasteiger charge is -2.15. The fourth-order valence-electron chi connectivity index (χ4n) is 3.59. The SMILES string of the molecule is Cc1cc(Nc2cc(-c3cccc(Cl)c3)nc3c2CCC3)ccc1C(=O)O. The van der Waals surface area contributed by atoms with Gasteiger partial charge in [0.15, 0.2) is 0 Å². The van der Waals surface area contributed by atoms with Crippen LogP contribution in [-0.2, 0) is 12.8 Å². The van der Waals surface area contributed by atoms with Gasteiger partial charge in [0.25, 0.3) is 0 Å². The van der Waals surface area contributed by atoms with E-state index in [1.807, 2.05) is 37.3 Å². The second-order valence-electron chi connectivity index (χ2n) is 6.80. The van der Waals surface area contributed by atoms with Gasteiger partial charge in [-0.05, 0) is 73.7 Å². The first kappa shape index (κ1) is 17.6. The van der Waals surface area contributed by atoms with Crippen molar-refractivity contribution in [3.8, 4) is 11.3 Å². The average Bonchev–Trinajstić information content (AvgIpc) is 3.10. The van der Waals surface area contributed by atoms with E-state index in [1.54, 1.807) is 12.1 Å². The summed E-state index contributed by atoms with van der Waals surface area (Å²) in [7, 11) is 0. The number of rotatable bonds is 4. The molecule has 4 nitrogen and oxygen atoms in total. The quantitative estimate of drug-likeness (QED) is 0.616. The molecule has 2 aromatic carbocycles. The Hall–Kier alpha value is -2.85. The van der Waals surface area contributed by atoms with E-state index < -0.39 is 5.97 Å². The first-order valence-corrected chi connectivity index (χ1v) is 9.29. The Labute approximate surface area is 162 Å². The Bertz CT molecular complexity index is 1050. The molecular formula is C22H19ClN2O2. The molecule has 0 radical (unpaired) electrons. The highest BCUT2D eigenvalue weighted by molar-refractivity contribution is 6.30. The van der Waals surface area contributed by atoms with Crippen LogP contribution in [0.1, 0.15) is 33.6 Å². The minimum absolute atomic E-state index is 0.320. The van der Waals surface area contributed by atoms with Gasteiger partial charge in [-0.3, -0.25) is 4.98 Å². The molecule has 1 aliphatic carbocycles. The molecule has 5 heteroatoms. The van der Waals surface area contributed by atoms with Crippen LogP contribution in [0.5, 0.6) is 0 Å². The summed E-state index contributed by atoms with van der Waals surface area (Å²) in [5.41, 5.74) is 7.17. The van der Waals surface area contributed by atoms with Crippen LogP contribution in [0, 0.1) is 6.92 Å². The van der Waals surface area contributed by atoms with Crippen LogP contribution in [0.15, 0.2) is 48.5 Å². The molecule has 0 saturated carbocycles. The van der Waals surface area contributed by atoms with Crippen molar-refractivity contribution in [2.24, 2.45) is 0 Å². The molecule has 1 aromatic heterocycles. The number of carbonyl (C=O) groups is 1. The van der Waals surface area contributed by atoms with E-state index in [1.165, 1.54) is 5.56 Å². The van der Waals surface area contributed by atoms with Crippen molar-refractivity contribution in [2.75, 3.05) is 5.32 Å². The smallest absolute Gasteiger partial charge is 0.335 e. The molecule has 0 bridgehead atoms. The van der Waals surface area contributed by atoms with Crippen molar-refractivity contribution in [1.29, 1.82) is 0 Å². The summed E-state index contributed by atoms with van der Waals surface area (Å²) in [6.45, 7) is 1.81. The van der Waals surface area contributed by atoms with Crippen LogP contribution in [0.3, 0.4) is 0 Å². The summed E-state index contributed by atoms with van der Waals surface area (Å²) in [6.07, 6.45) is 3.05. The number of nitrogens with zero attached hydrogens (tertiary/aromatic N) is 1.